The van der Waals surface area contributed by atoms with E-state index in [4.69, 9.17) is 11.6 Å². The monoisotopic (exact) mass is 450 g/mol. The minimum Gasteiger partial charge on any atom is -0.368 e. The van der Waals surface area contributed by atoms with E-state index in [2.05, 4.69) is 34.3 Å². The summed E-state index contributed by atoms with van der Waals surface area (Å²) in [5.74, 6) is 0.109. The molecule has 2 aromatic carbocycles. The summed E-state index contributed by atoms with van der Waals surface area (Å²) < 4.78 is 1.96. The first kappa shape index (κ1) is 20.1. The highest BCUT2D eigenvalue weighted by molar-refractivity contribution is 7.20. The Hall–Kier alpha value is -2.83. The summed E-state index contributed by atoms with van der Waals surface area (Å²) in [4.78, 5) is 19.3. The number of aromatic nitrogens is 2. The number of thiophene rings is 1. The number of hydrogen-bond acceptors (Lipinski definition) is 4. The number of carbonyl (C=O) groups is 1. The van der Waals surface area contributed by atoms with Crippen molar-refractivity contribution in [3.8, 4) is 0 Å². The topological polar surface area (TPSA) is 41.4 Å². The first-order valence-electron chi connectivity index (χ1n) is 10.4. The van der Waals surface area contributed by atoms with Crippen LogP contribution in [-0.4, -0.2) is 46.8 Å². The molecule has 0 radical (unpaired) electrons. The van der Waals surface area contributed by atoms with Gasteiger partial charge in [-0.15, -0.1) is 11.3 Å². The highest BCUT2D eigenvalue weighted by Gasteiger charge is 2.25. The third kappa shape index (κ3) is 3.93. The van der Waals surface area contributed by atoms with Gasteiger partial charge in [0.15, 0.2) is 0 Å². The molecule has 0 atom stereocenters. The van der Waals surface area contributed by atoms with E-state index in [1.165, 1.54) is 17.0 Å². The quantitative estimate of drug-likeness (QED) is 0.436. The van der Waals surface area contributed by atoms with E-state index in [0.717, 1.165) is 57.6 Å². The molecule has 5 nitrogen and oxygen atoms in total. The molecule has 0 bridgehead atoms. The third-order valence-corrected chi connectivity index (χ3v) is 7.29. The Labute approximate surface area is 190 Å². The number of para-hydroxylation sites is 1. The Balaban J connectivity index is 1.34. The van der Waals surface area contributed by atoms with Crippen LogP contribution in [0.4, 0.5) is 5.69 Å². The second kappa shape index (κ2) is 8.36. The Morgan fingerprint density at radius 1 is 1.03 bits per heavy atom. The number of hydrogen-bond donors (Lipinski definition) is 0. The average molecular weight is 451 g/mol. The van der Waals surface area contributed by atoms with Gasteiger partial charge in [-0.1, -0.05) is 48.0 Å². The summed E-state index contributed by atoms with van der Waals surface area (Å²) in [6.45, 7) is 5.73. The molecule has 4 aromatic rings. The van der Waals surface area contributed by atoms with Gasteiger partial charge in [-0.05, 0) is 36.8 Å². The number of halogens is 1. The summed E-state index contributed by atoms with van der Waals surface area (Å²) >= 11 is 7.86. The third-order valence-electron chi connectivity index (χ3n) is 5.78. The molecule has 1 aliphatic rings. The number of nitrogens with zero attached hydrogens (tertiary/aromatic N) is 4. The minimum absolute atomic E-state index is 0.109. The number of piperazine rings is 1. The number of aryl methyl sites for hydroxylation is 1. The number of carbonyl (C=O) groups excluding carboxylic acids is 1. The summed E-state index contributed by atoms with van der Waals surface area (Å²) in [6, 6.07) is 20.2. The molecule has 7 heteroatoms. The van der Waals surface area contributed by atoms with Crippen LogP contribution in [0.5, 0.6) is 0 Å². The maximum absolute atomic E-state index is 13.2. The van der Waals surface area contributed by atoms with Gasteiger partial charge in [0.25, 0.3) is 5.91 Å². The first-order chi connectivity index (χ1) is 15.1. The Kier molecular flexibility index (Phi) is 5.42. The van der Waals surface area contributed by atoms with Gasteiger partial charge < -0.3 is 9.80 Å². The van der Waals surface area contributed by atoms with Crippen molar-refractivity contribution in [2.45, 2.75) is 13.5 Å². The molecule has 0 unspecified atom stereocenters. The van der Waals surface area contributed by atoms with E-state index >= 15 is 0 Å². The molecular formula is C24H23ClN4OS. The number of amides is 1. The fourth-order valence-electron chi connectivity index (χ4n) is 4.08. The average Bonchev–Trinajstić information content (AvgIpc) is 3.37. The molecule has 1 aliphatic heterocycles. The molecule has 0 N–H and O–H groups in total. The van der Waals surface area contributed by atoms with Gasteiger partial charge >= 0.3 is 0 Å². The van der Waals surface area contributed by atoms with Crippen LogP contribution in [-0.2, 0) is 6.54 Å². The molecule has 1 fully saturated rings. The lowest BCUT2D eigenvalue weighted by molar-refractivity contribution is 0.0751. The predicted octanol–water partition coefficient (Wildman–Crippen LogP) is 5.07. The number of rotatable bonds is 4. The zero-order valence-corrected chi connectivity index (χ0v) is 18.9. The van der Waals surface area contributed by atoms with Crippen molar-refractivity contribution in [1.29, 1.82) is 0 Å². The molecule has 3 heterocycles. The maximum atomic E-state index is 13.2. The Morgan fingerprint density at radius 2 is 1.74 bits per heavy atom. The zero-order valence-electron chi connectivity index (χ0n) is 17.3. The van der Waals surface area contributed by atoms with Crippen molar-refractivity contribution in [2.75, 3.05) is 31.1 Å². The lowest BCUT2D eigenvalue weighted by Crippen LogP contribution is -2.48. The standard InChI is InChI=1S/C24H23ClN4OS/c1-17-20-15-22(31-24(20)29(26-17)16-18-7-5-6-10-21(18)25)23(30)28-13-11-27(12-14-28)19-8-3-2-4-9-19/h2-10,15H,11-14,16H2,1H3. The summed E-state index contributed by atoms with van der Waals surface area (Å²) in [5, 5.41) is 6.45. The molecule has 0 saturated carbocycles. The second-order valence-electron chi connectivity index (χ2n) is 7.78. The van der Waals surface area contributed by atoms with E-state index in [0.29, 0.717) is 6.54 Å². The van der Waals surface area contributed by atoms with E-state index in [1.54, 1.807) is 0 Å². The van der Waals surface area contributed by atoms with E-state index in [-0.39, 0.29) is 5.91 Å². The molecule has 5 rings (SSSR count). The van der Waals surface area contributed by atoms with Crippen LogP contribution < -0.4 is 4.90 Å². The first-order valence-corrected chi connectivity index (χ1v) is 11.6. The van der Waals surface area contributed by atoms with Gasteiger partial charge in [-0.3, -0.25) is 9.48 Å². The van der Waals surface area contributed by atoms with Gasteiger partial charge in [0.1, 0.15) is 4.83 Å². The van der Waals surface area contributed by atoms with Crippen molar-refractivity contribution >= 4 is 44.7 Å². The second-order valence-corrected chi connectivity index (χ2v) is 9.22. The maximum Gasteiger partial charge on any atom is 0.264 e. The molecule has 0 aliphatic carbocycles. The van der Waals surface area contributed by atoms with Crippen LogP contribution >= 0.6 is 22.9 Å². The van der Waals surface area contributed by atoms with E-state index < -0.39 is 0 Å². The molecule has 158 valence electrons. The fourth-order valence-corrected chi connectivity index (χ4v) is 5.40. The lowest BCUT2D eigenvalue weighted by Gasteiger charge is -2.35. The number of fused-ring (bicyclic) bond motifs is 1. The van der Waals surface area contributed by atoms with E-state index in [1.807, 2.05) is 52.9 Å². The van der Waals surface area contributed by atoms with Crippen molar-refractivity contribution in [3.05, 3.63) is 81.8 Å². The number of benzene rings is 2. The van der Waals surface area contributed by atoms with Gasteiger partial charge in [0.05, 0.1) is 17.1 Å². The zero-order chi connectivity index (χ0) is 21.4. The highest BCUT2D eigenvalue weighted by Crippen LogP contribution is 2.31. The lowest BCUT2D eigenvalue weighted by atomic mass is 10.2. The number of anilines is 1. The fraction of sp³-hybridized carbons (Fsp3) is 0.250. The van der Waals surface area contributed by atoms with Crippen LogP contribution in [0.25, 0.3) is 10.2 Å². The minimum atomic E-state index is 0.109. The highest BCUT2D eigenvalue weighted by atomic mass is 35.5. The van der Waals surface area contributed by atoms with Crippen LogP contribution in [0.2, 0.25) is 5.02 Å². The summed E-state index contributed by atoms with van der Waals surface area (Å²) in [5.41, 5.74) is 3.17. The largest absolute Gasteiger partial charge is 0.368 e. The van der Waals surface area contributed by atoms with Gasteiger partial charge in [0, 0.05) is 42.3 Å². The Morgan fingerprint density at radius 3 is 2.48 bits per heavy atom. The van der Waals surface area contributed by atoms with Crippen molar-refractivity contribution in [3.63, 3.8) is 0 Å². The van der Waals surface area contributed by atoms with Crippen LogP contribution in [0.3, 0.4) is 0 Å². The SMILES string of the molecule is Cc1nn(Cc2ccccc2Cl)c2sc(C(=O)N3CCN(c4ccccc4)CC3)cc12. The molecular weight excluding hydrogens is 428 g/mol. The molecule has 2 aromatic heterocycles. The molecule has 1 saturated heterocycles. The van der Waals surface area contributed by atoms with Crippen molar-refractivity contribution < 1.29 is 4.79 Å². The summed E-state index contributed by atoms with van der Waals surface area (Å²) in [6.07, 6.45) is 0. The summed E-state index contributed by atoms with van der Waals surface area (Å²) in [7, 11) is 0. The smallest absolute Gasteiger partial charge is 0.264 e. The van der Waals surface area contributed by atoms with Gasteiger partial charge in [-0.25, -0.2) is 0 Å². The van der Waals surface area contributed by atoms with Crippen molar-refractivity contribution in [1.82, 2.24) is 14.7 Å². The predicted molar refractivity (Wildman–Crippen MR) is 127 cm³/mol. The molecule has 1 amide bonds. The van der Waals surface area contributed by atoms with Gasteiger partial charge in [0.2, 0.25) is 0 Å². The van der Waals surface area contributed by atoms with Gasteiger partial charge in [-0.2, -0.15) is 5.10 Å². The molecule has 0 spiro atoms. The van der Waals surface area contributed by atoms with Crippen LogP contribution in [0.1, 0.15) is 20.9 Å². The molecule has 31 heavy (non-hydrogen) atoms. The Bertz CT molecular complexity index is 1230. The normalized spacial score (nSPS) is 14.4. The van der Waals surface area contributed by atoms with E-state index in [9.17, 15) is 4.79 Å². The van der Waals surface area contributed by atoms with Crippen LogP contribution in [0.15, 0.2) is 60.7 Å². The van der Waals surface area contributed by atoms with Crippen molar-refractivity contribution in [2.24, 2.45) is 0 Å². The van der Waals surface area contributed by atoms with Crippen LogP contribution in [0, 0.1) is 6.92 Å².